The van der Waals surface area contributed by atoms with Gasteiger partial charge in [-0.3, -0.25) is 9.59 Å². The summed E-state index contributed by atoms with van der Waals surface area (Å²) in [5.41, 5.74) is 18.5. The zero-order valence-electron chi connectivity index (χ0n) is 30.9. The van der Waals surface area contributed by atoms with Crippen LogP contribution in [0.3, 0.4) is 0 Å². The molecule has 8 nitrogen and oxygen atoms in total. The van der Waals surface area contributed by atoms with Gasteiger partial charge in [0.1, 0.15) is 0 Å². The van der Waals surface area contributed by atoms with Gasteiger partial charge in [0.25, 0.3) is 0 Å². The Morgan fingerprint density at radius 3 is 2.20 bits per heavy atom. The molecule has 3 aliphatic rings. The first-order valence-corrected chi connectivity index (χ1v) is 18.5. The number of ether oxygens (including phenoxy) is 2. The SMILES string of the molecule is COC(=O)CCC1=C(C)c2cc3nc(cc4[nH]c(cc5[nH]c(cc1n2)c(CCC(=O)OC)c5C)c1c4CCc2ccccc2-1)-c1c-3ccc2ccccc12. The molecule has 3 aromatic carbocycles. The van der Waals surface area contributed by atoms with Crippen molar-refractivity contribution in [2.45, 2.75) is 52.4 Å². The molecule has 0 unspecified atom stereocenters. The lowest BCUT2D eigenvalue weighted by Gasteiger charge is -2.16. The standard InChI is InChI=1S/C46H40N4O4/c1-25-29(17-19-43(51)53-3)37-23-38-30(18-20-44(52)54-4)26(2)36(48-38)22-41-45-31-11-7-5-9-27(31)14-16-34(45)40(50-41)24-42-46-32-12-8-6-10-28(32)13-15-33(46)39(49-42)21-35(25)47-37/h5-13,15,21-24,48,50H,14,16-20H2,1-4H3. The molecule has 9 rings (SSSR count). The van der Waals surface area contributed by atoms with Crippen molar-refractivity contribution in [1.82, 2.24) is 19.9 Å². The van der Waals surface area contributed by atoms with Crippen molar-refractivity contribution in [3.05, 3.63) is 119 Å². The number of carbonyl (C=O) groups excluding carboxylic acids is 2. The Bertz CT molecular complexity index is 2770. The minimum Gasteiger partial charge on any atom is -0.469 e. The van der Waals surface area contributed by atoms with Gasteiger partial charge in [0.15, 0.2) is 0 Å². The summed E-state index contributed by atoms with van der Waals surface area (Å²) >= 11 is 0. The minimum atomic E-state index is -0.275. The number of nitrogens with zero attached hydrogens (tertiary/aromatic N) is 2. The Morgan fingerprint density at radius 2 is 1.37 bits per heavy atom. The maximum absolute atomic E-state index is 12.4. The lowest BCUT2D eigenvalue weighted by Crippen LogP contribution is -2.02. The molecule has 6 aromatic rings. The van der Waals surface area contributed by atoms with Crippen LogP contribution in [0.1, 0.15) is 59.8 Å². The molecule has 0 radical (unpaired) electrons. The van der Waals surface area contributed by atoms with Crippen LogP contribution in [-0.4, -0.2) is 46.1 Å². The maximum atomic E-state index is 12.4. The number of methoxy groups -OCH3 is 2. The molecule has 54 heavy (non-hydrogen) atoms. The van der Waals surface area contributed by atoms with E-state index in [9.17, 15) is 9.59 Å². The molecule has 268 valence electrons. The number of aromatic nitrogens is 4. The lowest BCUT2D eigenvalue weighted by atomic mass is 9.86. The Balaban J connectivity index is 1.41. The Hall–Kier alpha value is -6.28. The second kappa shape index (κ2) is 13.3. The zero-order valence-corrected chi connectivity index (χ0v) is 30.9. The van der Waals surface area contributed by atoms with E-state index in [2.05, 4.69) is 109 Å². The van der Waals surface area contributed by atoms with Gasteiger partial charge >= 0.3 is 11.9 Å². The summed E-state index contributed by atoms with van der Waals surface area (Å²) in [5, 5.41) is 2.31. The monoisotopic (exact) mass is 712 g/mol. The van der Waals surface area contributed by atoms with Crippen molar-refractivity contribution in [1.29, 1.82) is 0 Å². The third-order valence-corrected chi connectivity index (χ3v) is 11.4. The van der Waals surface area contributed by atoms with Crippen molar-refractivity contribution in [2.75, 3.05) is 14.2 Å². The van der Waals surface area contributed by atoms with Gasteiger partial charge in [-0.25, -0.2) is 9.97 Å². The molecule has 1 aliphatic carbocycles. The van der Waals surface area contributed by atoms with Crippen LogP contribution in [0.2, 0.25) is 0 Å². The summed E-state index contributed by atoms with van der Waals surface area (Å²) in [6, 6.07) is 30.1. The number of aromatic amines is 2. The summed E-state index contributed by atoms with van der Waals surface area (Å²) < 4.78 is 10.1. The number of esters is 2. The average Bonchev–Trinajstić information content (AvgIpc) is 3.90. The number of hydrogen-bond donors (Lipinski definition) is 2. The van der Waals surface area contributed by atoms with Crippen molar-refractivity contribution in [2.24, 2.45) is 0 Å². The molecular weight excluding hydrogens is 673 g/mol. The topological polar surface area (TPSA) is 110 Å². The van der Waals surface area contributed by atoms with Crippen molar-refractivity contribution in [3.63, 3.8) is 0 Å². The quantitative estimate of drug-likeness (QED) is 0.166. The second-order valence-electron chi connectivity index (χ2n) is 14.3. The minimum absolute atomic E-state index is 0.228. The normalized spacial score (nSPS) is 13.0. The number of benzene rings is 3. The number of H-pyrrole nitrogens is 2. The number of hydrogen-bond acceptors (Lipinski definition) is 6. The van der Waals surface area contributed by atoms with Gasteiger partial charge in [-0.2, -0.15) is 0 Å². The summed E-state index contributed by atoms with van der Waals surface area (Å²) in [6.07, 6.45) is 3.30. The fraction of sp³-hybridized carbons (Fsp3) is 0.217. The fourth-order valence-electron chi connectivity index (χ4n) is 8.52. The van der Waals surface area contributed by atoms with Gasteiger partial charge in [0.2, 0.25) is 0 Å². The molecular formula is C46H40N4O4. The van der Waals surface area contributed by atoms with Gasteiger partial charge in [0.05, 0.1) is 37.0 Å². The summed E-state index contributed by atoms with van der Waals surface area (Å²) in [7, 11) is 2.84. The highest BCUT2D eigenvalue weighted by Crippen LogP contribution is 2.44. The number of allylic oxidation sites excluding steroid dienone is 2. The van der Waals surface area contributed by atoms with E-state index in [1.54, 1.807) is 0 Å². The van der Waals surface area contributed by atoms with Crippen LogP contribution in [0.25, 0.3) is 77.6 Å². The van der Waals surface area contributed by atoms with Gasteiger partial charge in [-0.1, -0.05) is 60.7 Å². The summed E-state index contributed by atoms with van der Waals surface area (Å²) in [6.45, 7) is 4.16. The van der Waals surface area contributed by atoms with Gasteiger partial charge in [-0.05, 0) is 114 Å². The van der Waals surface area contributed by atoms with Gasteiger partial charge < -0.3 is 19.4 Å². The molecule has 0 atom stereocenters. The molecule has 0 amide bonds. The van der Waals surface area contributed by atoms with Crippen LogP contribution in [0.15, 0.2) is 84.9 Å². The van der Waals surface area contributed by atoms with E-state index >= 15 is 0 Å². The van der Waals surface area contributed by atoms with E-state index in [0.29, 0.717) is 12.8 Å². The Morgan fingerprint density at radius 1 is 0.648 bits per heavy atom. The van der Waals surface area contributed by atoms with E-state index in [-0.39, 0.29) is 24.8 Å². The number of nitrogens with one attached hydrogen (secondary N) is 2. The molecule has 2 N–H and O–H groups in total. The van der Waals surface area contributed by atoms with Crippen LogP contribution >= 0.6 is 0 Å². The third kappa shape index (κ3) is 5.61. The largest absolute Gasteiger partial charge is 0.469 e. The number of rotatable bonds is 6. The fourth-order valence-corrected chi connectivity index (χ4v) is 8.52. The van der Waals surface area contributed by atoms with E-state index in [4.69, 9.17) is 19.4 Å². The molecule has 8 bridgehead atoms. The van der Waals surface area contributed by atoms with E-state index in [0.717, 1.165) is 102 Å². The predicted octanol–water partition coefficient (Wildman–Crippen LogP) is 9.87. The molecule has 0 saturated carbocycles. The Labute approximate surface area is 312 Å². The van der Waals surface area contributed by atoms with Crippen LogP contribution in [0.4, 0.5) is 0 Å². The zero-order chi connectivity index (χ0) is 37.1. The highest BCUT2D eigenvalue weighted by molar-refractivity contribution is 6.06. The lowest BCUT2D eigenvalue weighted by molar-refractivity contribution is -0.141. The highest BCUT2D eigenvalue weighted by atomic mass is 16.5. The first kappa shape index (κ1) is 33.5. The molecule has 0 saturated heterocycles. The molecule has 8 heteroatoms. The van der Waals surface area contributed by atoms with E-state index < -0.39 is 0 Å². The third-order valence-electron chi connectivity index (χ3n) is 11.4. The van der Waals surface area contributed by atoms with Crippen molar-refractivity contribution in [3.8, 4) is 33.6 Å². The van der Waals surface area contributed by atoms with Gasteiger partial charge in [0, 0.05) is 51.6 Å². The molecule has 0 spiro atoms. The highest BCUT2D eigenvalue weighted by Gasteiger charge is 2.25. The second-order valence-corrected chi connectivity index (χ2v) is 14.3. The summed E-state index contributed by atoms with van der Waals surface area (Å²) in [4.78, 5) is 43.0. The average molecular weight is 713 g/mol. The number of aryl methyl sites for hydroxylation is 4. The van der Waals surface area contributed by atoms with Crippen LogP contribution in [-0.2, 0) is 38.3 Å². The smallest absolute Gasteiger partial charge is 0.305 e. The molecule has 0 fully saturated rings. The number of fused-ring (bicyclic) bond motifs is 18. The molecule has 2 aliphatic heterocycles. The molecule has 3 aromatic heterocycles. The summed E-state index contributed by atoms with van der Waals surface area (Å²) in [5.74, 6) is -0.539. The van der Waals surface area contributed by atoms with Crippen molar-refractivity contribution < 1.29 is 19.1 Å². The first-order chi connectivity index (χ1) is 26.3. The van der Waals surface area contributed by atoms with Crippen LogP contribution < -0.4 is 0 Å². The predicted molar refractivity (Wildman–Crippen MR) is 215 cm³/mol. The molecule has 5 heterocycles. The van der Waals surface area contributed by atoms with E-state index in [1.807, 2.05) is 0 Å². The van der Waals surface area contributed by atoms with Crippen LogP contribution in [0.5, 0.6) is 0 Å². The Kier molecular flexibility index (Phi) is 8.26. The maximum Gasteiger partial charge on any atom is 0.305 e. The van der Waals surface area contributed by atoms with Crippen LogP contribution in [0, 0.1) is 6.92 Å². The van der Waals surface area contributed by atoms with Crippen molar-refractivity contribution >= 4 is 55.9 Å². The number of carbonyl (C=O) groups is 2. The first-order valence-electron chi connectivity index (χ1n) is 18.5. The van der Waals surface area contributed by atoms with E-state index in [1.165, 1.54) is 36.5 Å². The van der Waals surface area contributed by atoms with Gasteiger partial charge in [-0.15, -0.1) is 0 Å².